The van der Waals surface area contributed by atoms with Crippen LogP contribution in [0.15, 0.2) is 0 Å². The van der Waals surface area contributed by atoms with Crippen LogP contribution >= 0.6 is 0 Å². The molecule has 0 aliphatic heterocycles. The van der Waals surface area contributed by atoms with Gasteiger partial charge in [-0.05, 0) is 42.3 Å². The molecule has 0 radical (unpaired) electrons. The molecule has 20 heavy (non-hydrogen) atoms. The third-order valence-corrected chi connectivity index (χ3v) is 3.23. The van der Waals surface area contributed by atoms with Gasteiger partial charge in [0.2, 0.25) is 0 Å². The molecule has 0 aromatic heterocycles. The van der Waals surface area contributed by atoms with Crippen molar-refractivity contribution in [3.63, 3.8) is 0 Å². The molecule has 0 saturated carbocycles. The molecule has 0 aliphatic carbocycles. The van der Waals surface area contributed by atoms with Gasteiger partial charge < -0.3 is 11.8 Å². The van der Waals surface area contributed by atoms with E-state index in [4.69, 9.17) is 10.3 Å². The summed E-state index contributed by atoms with van der Waals surface area (Å²) >= 11 is -3.76. The minimum absolute atomic E-state index is 1.33. The zero-order chi connectivity index (χ0) is 15.6. The second-order valence-electron chi connectivity index (χ2n) is 5.16. The van der Waals surface area contributed by atoms with E-state index < -0.39 is 21.1 Å². The fraction of sp³-hybridized carbons (Fsp3) is 1.00. The Bertz CT molecular complexity index is 145. The Balaban J connectivity index is 0. The van der Waals surface area contributed by atoms with Gasteiger partial charge >= 0.3 is 21.1 Å². The average Bonchev–Trinajstić information content (AvgIpc) is 2.38. The van der Waals surface area contributed by atoms with Gasteiger partial charge in [-0.3, -0.25) is 0 Å². The number of nitrogens with zero attached hydrogens (tertiary/aromatic N) is 1. The van der Waals surface area contributed by atoms with Crippen LogP contribution < -0.4 is 27.9 Å². The van der Waals surface area contributed by atoms with Crippen molar-refractivity contribution < 1.29 is 31.4 Å². The smallest absolute Gasteiger partial charge is 0.396 e. The first-order chi connectivity index (χ1) is 9.58. The molecule has 0 heterocycles. The van der Waals surface area contributed by atoms with Crippen molar-refractivity contribution in [2.75, 3.05) is 19.6 Å². The van der Waals surface area contributed by atoms with Crippen molar-refractivity contribution in [2.24, 2.45) is 0 Å². The summed E-state index contributed by atoms with van der Waals surface area (Å²) < 4.78 is 24.5. The predicted octanol–water partition coefficient (Wildman–Crippen LogP) is -1.07. The zero-order valence-electron chi connectivity index (χ0n) is 13.6. The molecule has 0 rings (SSSR count). The fourth-order valence-corrected chi connectivity index (χ4v) is 2.09. The summed E-state index contributed by atoms with van der Waals surface area (Å²) in [5.74, 6) is 0. The highest BCUT2D eigenvalue weighted by molar-refractivity contribution is 4.58. The van der Waals surface area contributed by atoms with Crippen LogP contribution in [-0.2, 0) is 0 Å². The number of halogens is 1. The Kier molecular flexibility index (Phi) is 22.4. The lowest BCUT2D eigenvalue weighted by atomic mass is 10.2. The van der Waals surface area contributed by atoms with Crippen LogP contribution in [0.4, 0.5) is 0 Å². The molecule has 5 heteroatoms. The van der Waals surface area contributed by atoms with Gasteiger partial charge in [-0.15, -0.1) is 0 Å². The quantitative estimate of drug-likeness (QED) is 0.333. The molecule has 0 unspecified atom stereocenters. The lowest BCUT2D eigenvalue weighted by Crippen LogP contribution is -3.98. The van der Waals surface area contributed by atoms with Crippen molar-refractivity contribution in [2.45, 2.75) is 78.6 Å². The molecule has 0 bridgehead atoms. The molecule has 0 saturated heterocycles. The van der Waals surface area contributed by atoms with E-state index in [9.17, 15) is 0 Å². The van der Waals surface area contributed by atoms with Crippen molar-refractivity contribution in [3.05, 3.63) is 0 Å². The van der Waals surface area contributed by atoms with Crippen molar-refractivity contribution in [1.82, 2.24) is 4.90 Å². The van der Waals surface area contributed by atoms with Crippen molar-refractivity contribution in [1.29, 1.82) is 0 Å². The van der Waals surface area contributed by atoms with Crippen LogP contribution in [0.5, 0.6) is 0 Å². The minimum Gasteiger partial charge on any atom is -0.396 e. The third-order valence-electron chi connectivity index (χ3n) is 3.23. The van der Waals surface area contributed by atoms with E-state index in [2.05, 4.69) is 25.7 Å². The van der Waals surface area contributed by atoms with Gasteiger partial charge in [0, 0.05) is 0 Å². The van der Waals surface area contributed by atoms with Gasteiger partial charge in [-0.2, -0.15) is 0 Å². The Hall–Kier alpha value is 0.570. The first-order valence-corrected chi connectivity index (χ1v) is 10.8. The number of rotatable bonds is 12. The fourth-order valence-electron chi connectivity index (χ4n) is 2.09. The van der Waals surface area contributed by atoms with Crippen molar-refractivity contribution in [3.8, 4) is 0 Å². The Morgan fingerprint density at radius 2 is 0.950 bits per heavy atom. The average molecular weight is 403 g/mol. The molecule has 124 valence electrons. The minimum atomic E-state index is -3.76. The molecule has 4 nitrogen and oxygen atoms in total. The van der Waals surface area contributed by atoms with Crippen LogP contribution in [0, 0.1) is 0 Å². The summed E-state index contributed by atoms with van der Waals surface area (Å²) in [4.78, 5) is 2.70. The molecule has 0 spiro atoms. The molecule has 0 atom stereocenters. The maximum absolute atomic E-state index is 8.68. The molecule has 0 amide bonds. The predicted molar refractivity (Wildman–Crippen MR) is 77.2 cm³/mol. The molecular weight excluding hydrogens is 369 g/mol. The van der Waals surface area contributed by atoms with Crippen LogP contribution in [0.2, 0.25) is 0 Å². The summed E-state index contributed by atoms with van der Waals surface area (Å²) in [5, 5.41) is 0. The van der Waals surface area contributed by atoms with E-state index in [1.165, 1.54) is 77.4 Å². The number of hydrogen-bond donors (Lipinski definition) is 1. The van der Waals surface area contributed by atoms with Crippen LogP contribution in [0.3, 0.4) is 0 Å². The molecule has 0 aromatic rings. The van der Waals surface area contributed by atoms with Gasteiger partial charge in [0.25, 0.3) is 0 Å². The van der Waals surface area contributed by atoms with Crippen molar-refractivity contribution >= 4 is 0 Å². The third kappa shape index (κ3) is 23.6. The van der Waals surface area contributed by atoms with Gasteiger partial charge in [0.05, 0.1) is 0 Å². The molecular formula is C15H34INO3. The SMILES string of the molecule is CCCCCN(CCCCC)CCCCC.[O-][I+2]([O-])O. The van der Waals surface area contributed by atoms with E-state index in [1.54, 1.807) is 0 Å². The second-order valence-corrected chi connectivity index (χ2v) is 6.31. The first kappa shape index (κ1) is 22.8. The highest BCUT2D eigenvalue weighted by Crippen LogP contribution is 2.05. The molecule has 1 N–H and O–H groups in total. The Morgan fingerprint density at radius 3 is 1.15 bits per heavy atom. The van der Waals surface area contributed by atoms with Gasteiger partial charge in [0.1, 0.15) is 0 Å². The second kappa shape index (κ2) is 19.6. The summed E-state index contributed by atoms with van der Waals surface area (Å²) in [7, 11) is 0. The van der Waals surface area contributed by atoms with E-state index in [-0.39, 0.29) is 0 Å². The monoisotopic (exact) mass is 403 g/mol. The van der Waals surface area contributed by atoms with E-state index in [0.717, 1.165) is 0 Å². The Labute approximate surface area is 134 Å². The highest BCUT2D eigenvalue weighted by atomic mass is 127. The number of hydrogen-bond acceptors (Lipinski definition) is 4. The maximum atomic E-state index is 8.68. The highest BCUT2D eigenvalue weighted by Gasteiger charge is 2.03. The van der Waals surface area contributed by atoms with E-state index >= 15 is 0 Å². The first-order valence-electron chi connectivity index (χ1n) is 8.05. The topological polar surface area (TPSA) is 69.6 Å². The van der Waals surface area contributed by atoms with E-state index in [1.807, 2.05) is 0 Å². The zero-order valence-corrected chi connectivity index (χ0v) is 15.7. The van der Waals surface area contributed by atoms with E-state index in [0.29, 0.717) is 0 Å². The summed E-state index contributed by atoms with van der Waals surface area (Å²) in [6.07, 6.45) is 12.4. The largest absolute Gasteiger partial charge is 0.503 e. The normalized spacial score (nSPS) is 10.8. The summed E-state index contributed by atoms with van der Waals surface area (Å²) in [5.41, 5.74) is 0. The summed E-state index contributed by atoms with van der Waals surface area (Å²) in [6, 6.07) is 0. The molecule has 0 aromatic carbocycles. The summed E-state index contributed by atoms with van der Waals surface area (Å²) in [6.45, 7) is 10.9. The van der Waals surface area contributed by atoms with Crippen LogP contribution in [0.1, 0.15) is 78.6 Å². The Morgan fingerprint density at radius 1 is 0.700 bits per heavy atom. The van der Waals surface area contributed by atoms with Gasteiger partial charge in [-0.25, -0.2) is 0 Å². The van der Waals surface area contributed by atoms with Crippen LogP contribution in [0.25, 0.3) is 0 Å². The molecule has 0 fully saturated rings. The standard InChI is InChI=1S/C15H33N.HIO3/c1-4-7-10-13-16(14-11-8-5-2)15-12-9-6-3;2-1(3)4/h4-15H2,1-3H3;2H. The van der Waals surface area contributed by atoms with Crippen LogP contribution in [-0.4, -0.2) is 28.0 Å². The number of unbranched alkanes of at least 4 members (excludes halogenated alkanes) is 6. The molecule has 0 aliphatic rings. The van der Waals surface area contributed by atoms with Gasteiger partial charge in [-0.1, -0.05) is 59.3 Å². The maximum Gasteiger partial charge on any atom is 0.503 e. The lowest BCUT2D eigenvalue weighted by Gasteiger charge is -2.22. The van der Waals surface area contributed by atoms with Gasteiger partial charge in [0.15, 0.2) is 0 Å². The lowest BCUT2D eigenvalue weighted by molar-refractivity contribution is -1.63.